The Balaban J connectivity index is 2.32. The highest BCUT2D eigenvalue weighted by Gasteiger charge is 2.54. The van der Waals surface area contributed by atoms with Crippen molar-refractivity contribution >= 4 is 0 Å². The summed E-state index contributed by atoms with van der Waals surface area (Å²) in [4.78, 5) is 0. The van der Waals surface area contributed by atoms with Gasteiger partial charge in [-0.05, 0) is 42.9 Å². The van der Waals surface area contributed by atoms with E-state index in [2.05, 4.69) is 27.4 Å². The van der Waals surface area contributed by atoms with Crippen LogP contribution >= 0.6 is 0 Å². The van der Waals surface area contributed by atoms with E-state index in [1.54, 1.807) is 0 Å². The molecule has 0 saturated heterocycles. The predicted octanol–water partition coefficient (Wildman–Crippen LogP) is 2.75. The molecule has 0 aliphatic heterocycles. The van der Waals surface area contributed by atoms with Crippen LogP contribution in [0.3, 0.4) is 0 Å². The van der Waals surface area contributed by atoms with Gasteiger partial charge in [-0.1, -0.05) is 32.9 Å². The third-order valence-electron chi connectivity index (χ3n) is 6.04. The Kier molecular flexibility index (Phi) is 3.16. The van der Waals surface area contributed by atoms with Gasteiger partial charge in [0.05, 0.1) is 12.7 Å². The number of rotatable bonds is 2. The molecule has 0 heterocycles. The van der Waals surface area contributed by atoms with Gasteiger partial charge in [-0.15, -0.1) is 0 Å². The van der Waals surface area contributed by atoms with Crippen molar-refractivity contribution in [2.75, 3.05) is 6.61 Å². The van der Waals surface area contributed by atoms with Gasteiger partial charge in [0.1, 0.15) is 0 Å². The lowest BCUT2D eigenvalue weighted by atomic mass is 9.47. The molecular weight excluding hydrogens is 212 g/mol. The zero-order valence-electron chi connectivity index (χ0n) is 11.4. The van der Waals surface area contributed by atoms with Gasteiger partial charge < -0.3 is 10.2 Å². The number of allylic oxidation sites excluding steroid dienone is 1. The molecule has 2 heteroatoms. The van der Waals surface area contributed by atoms with Crippen LogP contribution < -0.4 is 0 Å². The molecular formula is C15H26O2. The highest BCUT2D eigenvalue weighted by atomic mass is 16.3. The molecule has 0 aromatic rings. The smallest absolute Gasteiger partial charge is 0.0830 e. The fourth-order valence-corrected chi connectivity index (χ4v) is 4.07. The van der Waals surface area contributed by atoms with Gasteiger partial charge in [0.25, 0.3) is 0 Å². The maximum absolute atomic E-state index is 10.1. The van der Waals surface area contributed by atoms with Crippen LogP contribution in [0.5, 0.6) is 0 Å². The van der Waals surface area contributed by atoms with Crippen LogP contribution in [-0.4, -0.2) is 22.9 Å². The van der Waals surface area contributed by atoms with Crippen molar-refractivity contribution in [3.63, 3.8) is 0 Å². The first-order chi connectivity index (χ1) is 7.86. The van der Waals surface area contributed by atoms with Crippen molar-refractivity contribution in [2.45, 2.75) is 52.6 Å². The molecule has 0 unspecified atom stereocenters. The Hall–Kier alpha value is -0.340. The van der Waals surface area contributed by atoms with Crippen LogP contribution in [0, 0.1) is 22.7 Å². The lowest BCUT2D eigenvalue weighted by Gasteiger charge is -2.58. The highest BCUT2D eigenvalue weighted by Crippen LogP contribution is 2.61. The number of aliphatic hydroxyl groups excluding tert-OH is 2. The number of hydrogen-bond donors (Lipinski definition) is 2. The Morgan fingerprint density at radius 3 is 2.59 bits per heavy atom. The summed E-state index contributed by atoms with van der Waals surface area (Å²) in [6.07, 6.45) is 3.81. The molecule has 2 aliphatic carbocycles. The molecule has 0 aromatic carbocycles. The van der Waals surface area contributed by atoms with Crippen molar-refractivity contribution in [2.24, 2.45) is 22.7 Å². The summed E-state index contributed by atoms with van der Waals surface area (Å²) >= 11 is 0. The van der Waals surface area contributed by atoms with Gasteiger partial charge >= 0.3 is 0 Å². The lowest BCUT2D eigenvalue weighted by Crippen LogP contribution is -2.52. The van der Waals surface area contributed by atoms with Crippen molar-refractivity contribution in [3.05, 3.63) is 12.2 Å². The van der Waals surface area contributed by atoms with E-state index in [1.807, 2.05) is 0 Å². The second-order valence-corrected chi connectivity index (χ2v) is 6.68. The molecule has 0 aromatic heterocycles. The van der Waals surface area contributed by atoms with Crippen LogP contribution in [0.1, 0.15) is 46.5 Å². The van der Waals surface area contributed by atoms with E-state index in [0.717, 1.165) is 19.3 Å². The van der Waals surface area contributed by atoms with E-state index in [9.17, 15) is 10.2 Å². The molecule has 2 saturated carbocycles. The third kappa shape index (κ3) is 1.68. The van der Waals surface area contributed by atoms with Gasteiger partial charge in [0.15, 0.2) is 0 Å². The van der Waals surface area contributed by atoms with Crippen molar-refractivity contribution < 1.29 is 10.2 Å². The molecule has 98 valence electrons. The normalized spacial score (nSPS) is 47.9. The Labute approximate surface area is 105 Å². The highest BCUT2D eigenvalue weighted by molar-refractivity contribution is 5.24. The average Bonchev–Trinajstić information content (AvgIpc) is 2.31. The molecule has 2 bridgehead atoms. The van der Waals surface area contributed by atoms with E-state index in [1.165, 1.54) is 12.0 Å². The van der Waals surface area contributed by atoms with Crippen LogP contribution in [0.25, 0.3) is 0 Å². The maximum Gasteiger partial charge on any atom is 0.0830 e. The van der Waals surface area contributed by atoms with E-state index >= 15 is 0 Å². The summed E-state index contributed by atoms with van der Waals surface area (Å²) in [5, 5.41) is 19.4. The zero-order valence-corrected chi connectivity index (χ0v) is 11.4. The lowest BCUT2D eigenvalue weighted by molar-refractivity contribution is -0.0830. The van der Waals surface area contributed by atoms with E-state index in [0.29, 0.717) is 11.8 Å². The molecule has 0 radical (unpaired) electrons. The van der Waals surface area contributed by atoms with Crippen LogP contribution in [-0.2, 0) is 0 Å². The topological polar surface area (TPSA) is 40.5 Å². The molecule has 2 nitrogen and oxygen atoms in total. The van der Waals surface area contributed by atoms with Crippen molar-refractivity contribution in [3.8, 4) is 0 Å². The fraction of sp³-hybridized carbons (Fsp3) is 0.867. The van der Waals surface area contributed by atoms with E-state index in [-0.39, 0.29) is 17.4 Å². The van der Waals surface area contributed by atoms with Crippen LogP contribution in [0.4, 0.5) is 0 Å². The summed E-state index contributed by atoms with van der Waals surface area (Å²) in [6.45, 7) is 11.0. The van der Waals surface area contributed by atoms with E-state index in [4.69, 9.17) is 0 Å². The van der Waals surface area contributed by atoms with Gasteiger partial charge in [0.2, 0.25) is 0 Å². The Bertz CT molecular complexity index is 325. The average molecular weight is 238 g/mol. The minimum absolute atomic E-state index is 0.132. The molecule has 2 fully saturated rings. The molecule has 2 rings (SSSR count). The second-order valence-electron chi connectivity index (χ2n) is 6.68. The molecule has 5 atom stereocenters. The summed E-state index contributed by atoms with van der Waals surface area (Å²) in [7, 11) is 0. The van der Waals surface area contributed by atoms with Crippen LogP contribution in [0.2, 0.25) is 0 Å². The SMILES string of the molecule is C=C1[C@H]2CC[C@@H](C)[C@]1(C)CC[C@]2(C)[C@H](O)CO. The summed E-state index contributed by atoms with van der Waals surface area (Å²) in [5.41, 5.74) is 1.39. The van der Waals surface area contributed by atoms with Gasteiger partial charge in [-0.2, -0.15) is 0 Å². The first-order valence-electron chi connectivity index (χ1n) is 6.84. The standard InChI is InChI=1S/C15H26O2/c1-10-5-6-12-11(2)14(10,3)7-8-15(12,4)13(17)9-16/h10,12-13,16-17H,2,5-9H2,1,3-4H3/t10-,12-,13-,14+,15+/m1/s1. The minimum atomic E-state index is -0.609. The molecule has 0 amide bonds. The summed E-state index contributed by atoms with van der Waals surface area (Å²) in [5.74, 6) is 1.07. The van der Waals surface area contributed by atoms with Gasteiger partial charge in [-0.25, -0.2) is 0 Å². The molecule has 0 spiro atoms. The third-order valence-corrected chi connectivity index (χ3v) is 6.04. The Morgan fingerprint density at radius 2 is 2.00 bits per heavy atom. The quantitative estimate of drug-likeness (QED) is 0.726. The van der Waals surface area contributed by atoms with Gasteiger partial charge in [0, 0.05) is 5.41 Å². The van der Waals surface area contributed by atoms with Crippen molar-refractivity contribution in [1.29, 1.82) is 0 Å². The first kappa shape index (κ1) is 13.1. The number of fused-ring (bicyclic) bond motifs is 2. The molecule has 2 N–H and O–H groups in total. The second kappa shape index (κ2) is 4.10. The monoisotopic (exact) mass is 238 g/mol. The molecule has 2 aliphatic rings. The molecule has 17 heavy (non-hydrogen) atoms. The largest absolute Gasteiger partial charge is 0.394 e. The Morgan fingerprint density at radius 1 is 1.35 bits per heavy atom. The minimum Gasteiger partial charge on any atom is -0.394 e. The number of aliphatic hydroxyl groups is 2. The predicted molar refractivity (Wildman–Crippen MR) is 69.6 cm³/mol. The van der Waals surface area contributed by atoms with Crippen molar-refractivity contribution in [1.82, 2.24) is 0 Å². The summed E-state index contributed by atoms with van der Waals surface area (Å²) in [6, 6.07) is 0. The zero-order chi connectivity index (χ0) is 12.8. The first-order valence-corrected chi connectivity index (χ1v) is 6.84. The summed E-state index contributed by atoms with van der Waals surface area (Å²) < 4.78 is 0. The maximum atomic E-state index is 10.1. The van der Waals surface area contributed by atoms with Crippen LogP contribution in [0.15, 0.2) is 12.2 Å². The van der Waals surface area contributed by atoms with Gasteiger partial charge in [-0.3, -0.25) is 0 Å². The van der Waals surface area contributed by atoms with E-state index < -0.39 is 6.10 Å². The fourth-order valence-electron chi connectivity index (χ4n) is 4.07. The number of hydrogen-bond acceptors (Lipinski definition) is 2.